The van der Waals surface area contributed by atoms with Gasteiger partial charge in [-0.3, -0.25) is 4.57 Å². The van der Waals surface area contributed by atoms with Crippen LogP contribution in [-0.2, 0) is 0 Å². The fraction of sp³-hybridized carbons (Fsp3) is 0.846. The van der Waals surface area contributed by atoms with Crippen molar-refractivity contribution in [1.82, 2.24) is 14.8 Å². The molecular formula is C13H21F3N4S. The van der Waals surface area contributed by atoms with Gasteiger partial charge in [0.05, 0.1) is 0 Å². The van der Waals surface area contributed by atoms with Gasteiger partial charge in [-0.2, -0.15) is 13.2 Å². The third kappa shape index (κ3) is 3.99. The molecule has 0 unspecified atom stereocenters. The number of rotatable bonds is 4. The van der Waals surface area contributed by atoms with Crippen LogP contribution in [-0.4, -0.2) is 33.5 Å². The fourth-order valence-corrected chi connectivity index (χ4v) is 3.12. The Morgan fingerprint density at radius 3 is 2.48 bits per heavy atom. The van der Waals surface area contributed by atoms with E-state index in [-0.39, 0.29) is 12.1 Å². The summed E-state index contributed by atoms with van der Waals surface area (Å²) in [6, 6.07) is -0.159. The summed E-state index contributed by atoms with van der Waals surface area (Å²) in [5, 5.41) is 6.73. The van der Waals surface area contributed by atoms with Gasteiger partial charge in [-0.25, -0.2) is 5.10 Å². The molecule has 0 aliphatic heterocycles. The number of halogens is 3. The number of nitrogens with one attached hydrogen (secondary N) is 1. The molecule has 0 amide bonds. The van der Waals surface area contributed by atoms with Crippen molar-refractivity contribution in [2.24, 2.45) is 0 Å². The summed E-state index contributed by atoms with van der Waals surface area (Å²) < 4.78 is 40.6. The molecule has 21 heavy (non-hydrogen) atoms. The predicted octanol–water partition coefficient (Wildman–Crippen LogP) is 4.22. The first-order chi connectivity index (χ1) is 9.79. The highest BCUT2D eigenvalue weighted by Gasteiger charge is 2.35. The lowest BCUT2D eigenvalue weighted by Gasteiger charge is -2.31. The summed E-state index contributed by atoms with van der Waals surface area (Å²) in [6.45, 7) is 2.44. The van der Waals surface area contributed by atoms with Gasteiger partial charge in [0.2, 0.25) is 5.95 Å². The van der Waals surface area contributed by atoms with Crippen molar-refractivity contribution in [3.63, 3.8) is 0 Å². The second kappa shape index (κ2) is 6.37. The number of hydrogen-bond acceptors (Lipinski definition) is 3. The van der Waals surface area contributed by atoms with Gasteiger partial charge in [0.15, 0.2) is 4.77 Å². The number of nitrogens with zero attached hydrogens (tertiary/aromatic N) is 3. The van der Waals surface area contributed by atoms with Gasteiger partial charge in [0.25, 0.3) is 0 Å². The summed E-state index contributed by atoms with van der Waals surface area (Å²) in [5.74, 6) is 0.305. The molecule has 1 aliphatic carbocycles. The Kier molecular flexibility index (Phi) is 4.95. The van der Waals surface area contributed by atoms with E-state index in [0.29, 0.717) is 10.7 Å². The van der Waals surface area contributed by atoms with Crippen molar-refractivity contribution in [3.8, 4) is 0 Å². The number of aromatic amines is 1. The Morgan fingerprint density at radius 1 is 1.33 bits per heavy atom. The lowest BCUT2D eigenvalue weighted by Crippen LogP contribution is -2.41. The van der Waals surface area contributed by atoms with E-state index in [1.807, 2.05) is 0 Å². The zero-order valence-corrected chi connectivity index (χ0v) is 13.1. The highest BCUT2D eigenvalue weighted by atomic mass is 32.1. The van der Waals surface area contributed by atoms with Crippen LogP contribution in [0, 0.1) is 4.77 Å². The Hall–Kier alpha value is -1.05. The summed E-state index contributed by atoms with van der Waals surface area (Å²) in [6.07, 6.45) is 0.955. The zero-order chi connectivity index (χ0) is 15.6. The van der Waals surface area contributed by atoms with Crippen LogP contribution in [0.1, 0.15) is 52.0 Å². The number of alkyl halides is 3. The van der Waals surface area contributed by atoms with Crippen LogP contribution in [0.4, 0.5) is 19.1 Å². The van der Waals surface area contributed by atoms with Crippen LogP contribution in [0.15, 0.2) is 0 Å². The maximum atomic E-state index is 12.8. The second-order valence-corrected chi connectivity index (χ2v) is 6.21. The molecular weight excluding hydrogens is 301 g/mol. The summed E-state index contributed by atoms with van der Waals surface area (Å²) >= 11 is 5.24. The quantitative estimate of drug-likeness (QED) is 0.843. The Bertz CT molecular complexity index is 514. The monoisotopic (exact) mass is 322 g/mol. The van der Waals surface area contributed by atoms with Crippen LogP contribution in [0.3, 0.4) is 0 Å². The van der Waals surface area contributed by atoms with Crippen molar-refractivity contribution in [3.05, 3.63) is 4.77 Å². The third-order valence-electron chi connectivity index (χ3n) is 3.86. The van der Waals surface area contributed by atoms with Crippen LogP contribution < -0.4 is 4.90 Å². The summed E-state index contributed by atoms with van der Waals surface area (Å²) in [4.78, 5) is 1.26. The fourth-order valence-electron chi connectivity index (χ4n) is 2.84. The van der Waals surface area contributed by atoms with Crippen molar-refractivity contribution < 1.29 is 13.2 Å². The Labute approximate surface area is 127 Å². The van der Waals surface area contributed by atoms with Crippen molar-refractivity contribution in [2.75, 3.05) is 11.4 Å². The van der Waals surface area contributed by atoms with Crippen molar-refractivity contribution >= 4 is 18.2 Å². The topological polar surface area (TPSA) is 36.9 Å². The summed E-state index contributed by atoms with van der Waals surface area (Å²) in [7, 11) is 0. The molecule has 1 heterocycles. The number of anilines is 1. The molecule has 120 valence electrons. The first kappa shape index (κ1) is 16.3. The van der Waals surface area contributed by atoms with Crippen molar-refractivity contribution in [1.29, 1.82) is 0 Å². The molecule has 1 aliphatic rings. The molecule has 1 aromatic rings. The molecule has 0 radical (unpaired) electrons. The minimum absolute atomic E-state index is 0.148. The molecule has 8 heteroatoms. The van der Waals surface area contributed by atoms with Gasteiger partial charge in [-0.15, -0.1) is 5.10 Å². The van der Waals surface area contributed by atoms with E-state index in [9.17, 15) is 13.2 Å². The Morgan fingerprint density at radius 2 is 1.95 bits per heavy atom. The van der Waals surface area contributed by atoms with Crippen molar-refractivity contribution in [2.45, 2.75) is 64.2 Å². The standard InChI is InChI=1S/C13H21F3N4S/c1-9(2)19(8-13(14,15)16)11-17-18-12(21)20(11)10-6-4-3-5-7-10/h9-10H,3-8H2,1-2H3,(H,18,21). The lowest BCUT2D eigenvalue weighted by molar-refractivity contribution is -0.120. The minimum Gasteiger partial charge on any atom is -0.329 e. The smallest absolute Gasteiger partial charge is 0.329 e. The van der Waals surface area contributed by atoms with E-state index in [1.54, 1.807) is 18.4 Å². The van der Waals surface area contributed by atoms with E-state index < -0.39 is 12.7 Å². The molecule has 2 rings (SSSR count). The first-order valence-electron chi connectivity index (χ1n) is 7.30. The maximum Gasteiger partial charge on any atom is 0.406 e. The van der Waals surface area contributed by atoms with Gasteiger partial charge in [0.1, 0.15) is 6.54 Å². The van der Waals surface area contributed by atoms with Gasteiger partial charge >= 0.3 is 6.18 Å². The lowest BCUT2D eigenvalue weighted by atomic mass is 9.95. The summed E-state index contributed by atoms with van der Waals surface area (Å²) in [5.41, 5.74) is 0. The van der Waals surface area contributed by atoms with E-state index in [1.165, 1.54) is 11.3 Å². The van der Waals surface area contributed by atoms with Crippen LogP contribution >= 0.6 is 12.2 Å². The van der Waals surface area contributed by atoms with Gasteiger partial charge in [0, 0.05) is 12.1 Å². The second-order valence-electron chi connectivity index (χ2n) is 5.83. The van der Waals surface area contributed by atoms with Gasteiger partial charge < -0.3 is 4.90 Å². The van der Waals surface area contributed by atoms with Gasteiger partial charge in [-0.1, -0.05) is 19.3 Å². The molecule has 1 saturated carbocycles. The molecule has 0 bridgehead atoms. The van der Waals surface area contributed by atoms with E-state index in [0.717, 1.165) is 25.7 Å². The number of hydrogen-bond donors (Lipinski definition) is 1. The average molecular weight is 322 g/mol. The Balaban J connectivity index is 2.35. The van der Waals surface area contributed by atoms with Crippen LogP contribution in [0.2, 0.25) is 0 Å². The van der Waals surface area contributed by atoms with Crippen LogP contribution in [0.25, 0.3) is 0 Å². The molecule has 1 fully saturated rings. The maximum absolute atomic E-state index is 12.8. The highest BCUT2D eigenvalue weighted by molar-refractivity contribution is 7.71. The predicted molar refractivity (Wildman–Crippen MR) is 78.1 cm³/mol. The number of aromatic nitrogens is 3. The van der Waals surface area contributed by atoms with Crippen LogP contribution in [0.5, 0.6) is 0 Å². The molecule has 0 spiro atoms. The number of H-pyrrole nitrogens is 1. The molecule has 0 saturated heterocycles. The molecule has 4 nitrogen and oxygen atoms in total. The van der Waals surface area contributed by atoms with E-state index in [2.05, 4.69) is 10.2 Å². The molecule has 0 atom stereocenters. The highest BCUT2D eigenvalue weighted by Crippen LogP contribution is 2.32. The zero-order valence-electron chi connectivity index (χ0n) is 12.3. The molecule has 1 N–H and O–H groups in total. The SMILES string of the molecule is CC(C)N(CC(F)(F)F)c1n[nH]c(=S)n1C1CCCCC1. The normalized spacial score (nSPS) is 17.4. The van der Waals surface area contributed by atoms with E-state index in [4.69, 9.17) is 12.2 Å². The third-order valence-corrected chi connectivity index (χ3v) is 4.14. The molecule has 1 aromatic heterocycles. The largest absolute Gasteiger partial charge is 0.406 e. The van der Waals surface area contributed by atoms with E-state index >= 15 is 0 Å². The average Bonchev–Trinajstić information content (AvgIpc) is 2.77. The minimum atomic E-state index is -4.27. The first-order valence-corrected chi connectivity index (χ1v) is 7.70. The van der Waals surface area contributed by atoms with Gasteiger partial charge in [-0.05, 0) is 38.9 Å². The molecule has 0 aromatic carbocycles.